The van der Waals surface area contributed by atoms with E-state index < -0.39 is 0 Å². The van der Waals surface area contributed by atoms with Crippen LogP contribution in [-0.4, -0.2) is 39.6 Å². The minimum Gasteiger partial charge on any atom is -0.497 e. The number of nitrogens with one attached hydrogen (secondary N) is 1. The maximum atomic E-state index is 12.7. The summed E-state index contributed by atoms with van der Waals surface area (Å²) in [7, 11) is 1.58. The quantitative estimate of drug-likeness (QED) is 0.257. The second-order valence-electron chi connectivity index (χ2n) is 8.14. The van der Waals surface area contributed by atoms with Crippen LogP contribution in [-0.2, 0) is 0 Å². The largest absolute Gasteiger partial charge is 0.497 e. The minimum atomic E-state index is -0.272. The molecule has 0 fully saturated rings. The summed E-state index contributed by atoms with van der Waals surface area (Å²) in [6.45, 7) is 2.71. The number of ether oxygens (including phenoxy) is 2. The number of hydrogen-bond donors (Lipinski definition) is 1. The summed E-state index contributed by atoms with van der Waals surface area (Å²) in [6, 6.07) is 24.6. The van der Waals surface area contributed by atoms with Crippen LogP contribution < -0.4 is 14.8 Å². The van der Waals surface area contributed by atoms with Gasteiger partial charge in [0.15, 0.2) is 5.01 Å². The number of hydrogen-bond acceptors (Lipinski definition) is 7. The van der Waals surface area contributed by atoms with E-state index >= 15 is 0 Å². The summed E-state index contributed by atoms with van der Waals surface area (Å²) in [5, 5.41) is 17.3. The molecule has 37 heavy (non-hydrogen) atoms. The van der Waals surface area contributed by atoms with E-state index in [0.717, 1.165) is 34.7 Å². The van der Waals surface area contributed by atoms with Gasteiger partial charge in [-0.3, -0.25) is 10.1 Å². The molecule has 8 nitrogen and oxygen atoms in total. The van der Waals surface area contributed by atoms with E-state index in [1.807, 2.05) is 65.5 Å². The van der Waals surface area contributed by atoms with Crippen molar-refractivity contribution in [3.05, 3.63) is 90.6 Å². The molecule has 0 bridgehead atoms. The van der Waals surface area contributed by atoms with Gasteiger partial charge in [-0.2, -0.15) is 5.10 Å². The molecule has 0 radical (unpaired) electrons. The number of carbonyl (C=O) groups excluding carboxylic acids is 1. The average Bonchev–Trinajstić information content (AvgIpc) is 3.60. The highest BCUT2D eigenvalue weighted by molar-refractivity contribution is 7.18. The van der Waals surface area contributed by atoms with Crippen LogP contribution in [0.4, 0.5) is 5.13 Å². The Morgan fingerprint density at radius 2 is 1.78 bits per heavy atom. The number of para-hydroxylation sites is 1. The van der Waals surface area contributed by atoms with Gasteiger partial charge in [0.1, 0.15) is 17.2 Å². The normalized spacial score (nSPS) is 10.8. The van der Waals surface area contributed by atoms with Crippen molar-refractivity contribution in [1.82, 2.24) is 20.0 Å². The van der Waals surface area contributed by atoms with Crippen molar-refractivity contribution < 1.29 is 14.3 Å². The molecular formula is C28H25N5O3S. The van der Waals surface area contributed by atoms with Crippen molar-refractivity contribution >= 4 is 22.4 Å². The summed E-state index contributed by atoms with van der Waals surface area (Å²) >= 11 is 1.29. The number of benzene rings is 3. The fraction of sp³-hybridized carbons (Fsp3) is 0.143. The van der Waals surface area contributed by atoms with Gasteiger partial charge in [-0.05, 0) is 55.0 Å². The molecule has 0 aliphatic carbocycles. The van der Waals surface area contributed by atoms with Crippen LogP contribution in [0.25, 0.3) is 27.5 Å². The smallest absolute Gasteiger partial charge is 0.257 e. The fourth-order valence-corrected chi connectivity index (χ4v) is 4.45. The summed E-state index contributed by atoms with van der Waals surface area (Å²) in [4.78, 5) is 12.7. The monoisotopic (exact) mass is 511 g/mol. The van der Waals surface area contributed by atoms with Crippen LogP contribution >= 0.6 is 11.3 Å². The Labute approximate surface area is 218 Å². The van der Waals surface area contributed by atoms with Gasteiger partial charge in [0.2, 0.25) is 5.13 Å². The molecule has 0 atom stereocenters. The van der Waals surface area contributed by atoms with Crippen molar-refractivity contribution in [2.24, 2.45) is 0 Å². The third-order valence-corrected chi connectivity index (χ3v) is 6.42. The Bertz CT molecular complexity index is 1500. The number of anilines is 1. The summed E-state index contributed by atoms with van der Waals surface area (Å²) in [5.41, 5.74) is 3.87. The van der Waals surface area contributed by atoms with Crippen LogP contribution in [0.1, 0.15) is 23.7 Å². The molecule has 3 aromatic carbocycles. The minimum absolute atomic E-state index is 0.272. The van der Waals surface area contributed by atoms with Crippen molar-refractivity contribution in [2.45, 2.75) is 13.3 Å². The van der Waals surface area contributed by atoms with E-state index in [4.69, 9.17) is 14.6 Å². The predicted octanol–water partition coefficient (Wildman–Crippen LogP) is 6.11. The third kappa shape index (κ3) is 5.52. The molecule has 0 aliphatic heterocycles. The van der Waals surface area contributed by atoms with Crippen LogP contribution in [0.5, 0.6) is 11.5 Å². The highest BCUT2D eigenvalue weighted by Crippen LogP contribution is 2.36. The SMILES string of the molecule is CCCOc1cccc(-c2nn(-c3ccccc3)cc2-c2nnc(NC(=O)c3ccc(OC)cc3)s2)c1. The van der Waals surface area contributed by atoms with Crippen molar-refractivity contribution in [2.75, 3.05) is 19.0 Å². The summed E-state index contributed by atoms with van der Waals surface area (Å²) in [6.07, 6.45) is 2.85. The molecule has 2 heterocycles. The van der Waals surface area contributed by atoms with Crippen LogP contribution in [0.15, 0.2) is 85.1 Å². The topological polar surface area (TPSA) is 91.2 Å². The van der Waals surface area contributed by atoms with Crippen LogP contribution in [0, 0.1) is 0 Å². The molecule has 0 aliphatic rings. The molecule has 1 amide bonds. The Hall–Kier alpha value is -4.50. The molecule has 5 rings (SSSR count). The van der Waals surface area contributed by atoms with Crippen LogP contribution in [0.2, 0.25) is 0 Å². The number of carbonyl (C=O) groups is 1. The predicted molar refractivity (Wildman–Crippen MR) is 145 cm³/mol. The number of rotatable bonds is 9. The average molecular weight is 512 g/mol. The second kappa shape index (κ2) is 11.0. The highest BCUT2D eigenvalue weighted by atomic mass is 32.1. The van der Waals surface area contributed by atoms with Crippen molar-refractivity contribution in [3.8, 4) is 39.0 Å². The number of aromatic nitrogens is 4. The van der Waals surface area contributed by atoms with E-state index in [0.29, 0.717) is 28.1 Å². The Morgan fingerprint density at radius 3 is 2.54 bits per heavy atom. The first-order chi connectivity index (χ1) is 18.1. The number of methoxy groups -OCH3 is 1. The first kappa shape index (κ1) is 24.2. The lowest BCUT2D eigenvalue weighted by Crippen LogP contribution is -2.11. The Balaban J connectivity index is 1.47. The molecule has 1 N–H and O–H groups in total. The molecule has 0 saturated carbocycles. The molecule has 0 saturated heterocycles. The standard InChI is InChI=1S/C28H25N5O3S/c1-3-16-36-23-11-7-8-20(17-23)25-24(18-33(32-25)21-9-5-4-6-10-21)27-30-31-28(37-27)29-26(34)19-12-14-22(35-2)15-13-19/h4-15,17-18H,3,16H2,1-2H3,(H,29,31,34). The fourth-order valence-electron chi connectivity index (χ4n) is 3.70. The van der Waals surface area contributed by atoms with Gasteiger partial charge in [0.05, 0.1) is 25.0 Å². The van der Waals surface area contributed by atoms with Gasteiger partial charge in [-0.15, -0.1) is 10.2 Å². The maximum absolute atomic E-state index is 12.7. The van der Waals surface area contributed by atoms with E-state index in [-0.39, 0.29) is 5.91 Å². The van der Waals surface area contributed by atoms with Gasteiger partial charge >= 0.3 is 0 Å². The maximum Gasteiger partial charge on any atom is 0.257 e. The zero-order chi connectivity index (χ0) is 25.6. The number of nitrogens with zero attached hydrogens (tertiary/aromatic N) is 4. The molecule has 0 spiro atoms. The Kier molecular flexibility index (Phi) is 7.23. The zero-order valence-corrected chi connectivity index (χ0v) is 21.2. The Morgan fingerprint density at radius 1 is 0.973 bits per heavy atom. The van der Waals surface area contributed by atoms with E-state index in [1.165, 1.54) is 11.3 Å². The molecule has 5 aromatic rings. The molecular weight excluding hydrogens is 486 g/mol. The van der Waals surface area contributed by atoms with Crippen molar-refractivity contribution in [3.63, 3.8) is 0 Å². The molecule has 9 heteroatoms. The lowest BCUT2D eigenvalue weighted by atomic mass is 10.1. The third-order valence-electron chi connectivity index (χ3n) is 5.54. The van der Waals surface area contributed by atoms with Crippen LogP contribution in [0.3, 0.4) is 0 Å². The molecule has 2 aromatic heterocycles. The highest BCUT2D eigenvalue weighted by Gasteiger charge is 2.19. The van der Waals surface area contributed by atoms with Gasteiger partial charge in [-0.1, -0.05) is 48.6 Å². The van der Waals surface area contributed by atoms with Gasteiger partial charge in [0, 0.05) is 17.3 Å². The second-order valence-corrected chi connectivity index (χ2v) is 9.12. The van der Waals surface area contributed by atoms with E-state index in [1.54, 1.807) is 31.4 Å². The lowest BCUT2D eigenvalue weighted by molar-refractivity contribution is 0.102. The van der Waals surface area contributed by atoms with Gasteiger partial charge in [0.25, 0.3) is 5.91 Å². The first-order valence-electron chi connectivity index (χ1n) is 11.8. The van der Waals surface area contributed by atoms with E-state index in [9.17, 15) is 4.79 Å². The molecule has 0 unspecified atom stereocenters. The summed E-state index contributed by atoms with van der Waals surface area (Å²) < 4.78 is 12.8. The first-order valence-corrected chi connectivity index (χ1v) is 12.6. The van der Waals surface area contributed by atoms with Gasteiger partial charge < -0.3 is 9.47 Å². The van der Waals surface area contributed by atoms with Crippen molar-refractivity contribution in [1.29, 1.82) is 0 Å². The zero-order valence-electron chi connectivity index (χ0n) is 20.4. The lowest BCUT2D eigenvalue weighted by Gasteiger charge is -2.06. The molecule has 186 valence electrons. The summed E-state index contributed by atoms with van der Waals surface area (Å²) in [5.74, 6) is 1.19. The van der Waals surface area contributed by atoms with E-state index in [2.05, 4.69) is 22.4 Å². The number of amides is 1. The van der Waals surface area contributed by atoms with Gasteiger partial charge in [-0.25, -0.2) is 4.68 Å².